The minimum Gasteiger partial charge on any atom is -0.454 e. The Hall–Kier alpha value is -3.26. The van der Waals surface area contributed by atoms with Gasteiger partial charge >= 0.3 is 5.97 Å². The van der Waals surface area contributed by atoms with Crippen LogP contribution in [-0.4, -0.2) is 24.9 Å². The zero-order chi connectivity index (χ0) is 18.1. The van der Waals surface area contributed by atoms with Crippen LogP contribution in [-0.2, 0) is 11.3 Å². The van der Waals surface area contributed by atoms with Gasteiger partial charge in [-0.15, -0.1) is 11.3 Å². The Labute approximate surface area is 152 Å². The van der Waals surface area contributed by atoms with Crippen molar-refractivity contribution in [2.45, 2.75) is 13.5 Å². The van der Waals surface area contributed by atoms with Crippen LogP contribution in [0, 0.1) is 6.92 Å². The number of ether oxygens (including phenoxy) is 1. The van der Waals surface area contributed by atoms with Crippen molar-refractivity contribution in [1.82, 2.24) is 18.9 Å². The molecule has 0 unspecified atom stereocenters. The summed E-state index contributed by atoms with van der Waals surface area (Å²) >= 11 is 1.37. The molecule has 0 bridgehead atoms. The Kier molecular flexibility index (Phi) is 4.10. The summed E-state index contributed by atoms with van der Waals surface area (Å²) in [7, 11) is 0. The molecule has 3 heterocycles. The van der Waals surface area contributed by atoms with Crippen LogP contribution in [0.1, 0.15) is 21.9 Å². The molecule has 0 atom stereocenters. The number of hydrogen-bond donors (Lipinski definition) is 0. The smallest absolute Gasteiger partial charge is 0.357 e. The van der Waals surface area contributed by atoms with Crippen LogP contribution in [0.2, 0.25) is 0 Å². The average Bonchev–Trinajstić information content (AvgIpc) is 3.28. The fourth-order valence-electron chi connectivity index (χ4n) is 2.63. The number of carbonyl (C=O) groups excluding carboxylic acids is 1. The molecule has 0 aliphatic carbocycles. The number of para-hydroxylation sites is 1. The first-order valence-electron chi connectivity index (χ1n) is 7.85. The number of esters is 1. The van der Waals surface area contributed by atoms with Crippen molar-refractivity contribution in [3.63, 3.8) is 0 Å². The Bertz CT molecular complexity index is 1140. The summed E-state index contributed by atoms with van der Waals surface area (Å²) in [5.41, 5.74) is 2.17. The predicted octanol–water partition coefficient (Wildman–Crippen LogP) is 2.61. The Morgan fingerprint density at radius 3 is 2.88 bits per heavy atom. The monoisotopic (exact) mass is 366 g/mol. The van der Waals surface area contributed by atoms with E-state index in [0.717, 1.165) is 11.4 Å². The number of imidazole rings is 1. The van der Waals surface area contributed by atoms with Crippen molar-refractivity contribution in [3.8, 4) is 5.69 Å². The number of aromatic nitrogens is 4. The number of hydrogen-bond acceptors (Lipinski definition) is 6. The quantitative estimate of drug-likeness (QED) is 0.519. The highest BCUT2D eigenvalue weighted by Crippen LogP contribution is 2.14. The molecule has 26 heavy (non-hydrogen) atoms. The van der Waals surface area contributed by atoms with E-state index in [1.54, 1.807) is 10.9 Å². The average molecular weight is 366 g/mol. The molecule has 0 saturated heterocycles. The zero-order valence-electron chi connectivity index (χ0n) is 13.8. The van der Waals surface area contributed by atoms with Gasteiger partial charge in [-0.25, -0.2) is 14.8 Å². The lowest BCUT2D eigenvalue weighted by molar-refractivity contribution is 0.0458. The summed E-state index contributed by atoms with van der Waals surface area (Å²) in [4.78, 5) is 33.6. The summed E-state index contributed by atoms with van der Waals surface area (Å²) in [5.74, 6) is -0.532. The van der Waals surface area contributed by atoms with Crippen LogP contribution >= 0.6 is 11.3 Å². The molecule has 0 radical (unpaired) electrons. The van der Waals surface area contributed by atoms with E-state index >= 15 is 0 Å². The molecular weight excluding hydrogens is 352 g/mol. The van der Waals surface area contributed by atoms with Gasteiger partial charge in [-0.2, -0.15) is 0 Å². The first-order chi connectivity index (χ1) is 12.6. The van der Waals surface area contributed by atoms with E-state index in [1.165, 1.54) is 28.0 Å². The molecular formula is C18H14N4O3S. The highest BCUT2D eigenvalue weighted by molar-refractivity contribution is 7.15. The maximum absolute atomic E-state index is 12.4. The molecule has 0 fully saturated rings. The summed E-state index contributed by atoms with van der Waals surface area (Å²) < 4.78 is 8.52. The van der Waals surface area contributed by atoms with Crippen LogP contribution in [0.5, 0.6) is 0 Å². The van der Waals surface area contributed by atoms with Crippen molar-refractivity contribution in [2.75, 3.05) is 0 Å². The van der Waals surface area contributed by atoms with Crippen molar-refractivity contribution < 1.29 is 9.53 Å². The summed E-state index contributed by atoms with van der Waals surface area (Å²) in [5, 5.41) is 1.86. The lowest BCUT2D eigenvalue weighted by Crippen LogP contribution is -2.17. The third kappa shape index (κ3) is 2.91. The number of aryl methyl sites for hydroxylation is 1. The largest absolute Gasteiger partial charge is 0.454 e. The van der Waals surface area contributed by atoms with Crippen LogP contribution in [0.4, 0.5) is 0 Å². The Morgan fingerprint density at radius 2 is 2.08 bits per heavy atom. The molecule has 4 aromatic rings. The number of fused-ring (bicyclic) bond motifs is 1. The molecule has 0 N–H and O–H groups in total. The summed E-state index contributed by atoms with van der Waals surface area (Å²) in [6, 6.07) is 10.8. The van der Waals surface area contributed by atoms with Crippen molar-refractivity contribution in [2.24, 2.45) is 0 Å². The van der Waals surface area contributed by atoms with E-state index in [9.17, 15) is 9.59 Å². The Morgan fingerprint density at radius 1 is 1.27 bits per heavy atom. The minimum absolute atomic E-state index is 0.0819. The fourth-order valence-corrected chi connectivity index (χ4v) is 3.52. The highest BCUT2D eigenvalue weighted by Gasteiger charge is 2.15. The van der Waals surface area contributed by atoms with Gasteiger partial charge in [0.1, 0.15) is 6.61 Å². The highest BCUT2D eigenvalue weighted by atomic mass is 32.1. The fraction of sp³-hybridized carbons (Fsp3) is 0.111. The van der Waals surface area contributed by atoms with Gasteiger partial charge in [-0.3, -0.25) is 13.8 Å². The molecule has 0 aliphatic heterocycles. The first kappa shape index (κ1) is 16.2. The molecule has 130 valence electrons. The number of carbonyl (C=O) groups is 1. The molecule has 1 aromatic carbocycles. The molecule has 0 amide bonds. The van der Waals surface area contributed by atoms with Crippen LogP contribution < -0.4 is 5.56 Å². The van der Waals surface area contributed by atoms with Gasteiger partial charge in [0, 0.05) is 22.8 Å². The number of nitrogens with zero attached hydrogens (tertiary/aromatic N) is 4. The van der Waals surface area contributed by atoms with Crippen LogP contribution in [0.25, 0.3) is 10.6 Å². The molecule has 0 aliphatic rings. The first-order valence-corrected chi connectivity index (χ1v) is 8.73. The van der Waals surface area contributed by atoms with Gasteiger partial charge in [0.25, 0.3) is 5.56 Å². The summed E-state index contributed by atoms with van der Waals surface area (Å²) in [6.07, 6.45) is 3.00. The van der Waals surface area contributed by atoms with Gasteiger partial charge in [-0.05, 0) is 19.1 Å². The minimum atomic E-state index is -0.532. The SMILES string of the molecule is Cc1csc2nc(COC(=O)c3cncn3-c3ccccc3)cc(=O)n12. The van der Waals surface area contributed by atoms with Crippen LogP contribution in [0.3, 0.4) is 0 Å². The van der Waals surface area contributed by atoms with Crippen molar-refractivity contribution in [1.29, 1.82) is 0 Å². The standard InChI is InChI=1S/C18H14N4O3S/c1-12-10-26-18-20-13(7-16(23)22(12)18)9-25-17(24)15-8-19-11-21(15)14-5-3-2-4-6-14/h2-8,10-11H,9H2,1H3. The van der Waals surface area contributed by atoms with Crippen LogP contribution in [0.15, 0.2) is 59.1 Å². The van der Waals surface area contributed by atoms with Gasteiger partial charge < -0.3 is 4.74 Å². The van der Waals surface area contributed by atoms with Crippen molar-refractivity contribution >= 4 is 22.3 Å². The second-order valence-electron chi connectivity index (χ2n) is 5.64. The zero-order valence-corrected chi connectivity index (χ0v) is 14.6. The second kappa shape index (κ2) is 6.57. The van der Waals surface area contributed by atoms with E-state index in [2.05, 4.69) is 9.97 Å². The number of rotatable bonds is 4. The van der Waals surface area contributed by atoms with E-state index in [0.29, 0.717) is 16.3 Å². The lowest BCUT2D eigenvalue weighted by atomic mass is 10.3. The van der Waals surface area contributed by atoms with Gasteiger partial charge in [0.05, 0.1) is 18.2 Å². The van der Waals surface area contributed by atoms with E-state index < -0.39 is 5.97 Å². The normalized spacial score (nSPS) is 11.0. The molecule has 0 saturated carbocycles. The van der Waals surface area contributed by atoms with Gasteiger partial charge in [0.2, 0.25) is 0 Å². The maximum atomic E-state index is 12.4. The van der Waals surface area contributed by atoms with E-state index in [4.69, 9.17) is 4.74 Å². The lowest BCUT2D eigenvalue weighted by Gasteiger charge is -2.08. The predicted molar refractivity (Wildman–Crippen MR) is 96.8 cm³/mol. The summed E-state index contributed by atoms with van der Waals surface area (Å²) in [6.45, 7) is 1.76. The molecule has 7 nitrogen and oxygen atoms in total. The topological polar surface area (TPSA) is 78.5 Å². The molecule has 0 spiro atoms. The van der Waals surface area contributed by atoms with E-state index in [-0.39, 0.29) is 12.2 Å². The van der Waals surface area contributed by atoms with Gasteiger partial charge in [0.15, 0.2) is 10.7 Å². The number of benzene rings is 1. The molecule has 3 aromatic heterocycles. The van der Waals surface area contributed by atoms with E-state index in [1.807, 2.05) is 42.6 Å². The third-order valence-corrected chi connectivity index (χ3v) is 4.81. The van der Waals surface area contributed by atoms with Crippen molar-refractivity contribution in [3.05, 3.63) is 81.7 Å². The molecule has 8 heteroatoms. The third-order valence-electron chi connectivity index (χ3n) is 3.86. The molecule has 4 rings (SSSR count). The number of thiazole rings is 1. The van der Waals surface area contributed by atoms with Gasteiger partial charge in [-0.1, -0.05) is 18.2 Å². The second-order valence-corrected chi connectivity index (χ2v) is 6.48. The maximum Gasteiger partial charge on any atom is 0.357 e. The Balaban J connectivity index is 1.55.